The summed E-state index contributed by atoms with van der Waals surface area (Å²) in [6, 6.07) is 9.62. The molecule has 0 fully saturated rings. The molecule has 2 rings (SSSR count). The van der Waals surface area contributed by atoms with Crippen LogP contribution in [0.2, 0.25) is 0 Å². The number of alkyl halides is 2. The second-order valence-electron chi connectivity index (χ2n) is 4.27. The third kappa shape index (κ3) is 4.35. The van der Waals surface area contributed by atoms with E-state index in [1.54, 1.807) is 24.3 Å². The quantitative estimate of drug-likeness (QED) is 0.829. The van der Waals surface area contributed by atoms with Crippen LogP contribution < -0.4 is 15.8 Å². The van der Waals surface area contributed by atoms with Crippen LogP contribution in [0.1, 0.15) is 11.3 Å². The van der Waals surface area contributed by atoms with Crippen molar-refractivity contribution in [1.29, 1.82) is 0 Å². The maximum absolute atomic E-state index is 12.1. The summed E-state index contributed by atoms with van der Waals surface area (Å²) in [5.41, 5.74) is 7.75. The lowest BCUT2D eigenvalue weighted by molar-refractivity contribution is -0.0498. The Hall–Kier alpha value is -2.28. The van der Waals surface area contributed by atoms with Gasteiger partial charge in [-0.25, -0.2) is 4.98 Å². The molecule has 1 aromatic carbocycles. The van der Waals surface area contributed by atoms with Crippen LogP contribution in [-0.2, 0) is 0 Å². The summed E-state index contributed by atoms with van der Waals surface area (Å²) in [5, 5.41) is 3.05. The molecule has 1 heterocycles. The second kappa shape index (κ2) is 6.45. The van der Waals surface area contributed by atoms with Gasteiger partial charge in [-0.15, -0.1) is 0 Å². The van der Waals surface area contributed by atoms with Crippen molar-refractivity contribution in [1.82, 2.24) is 4.98 Å². The normalized spacial score (nSPS) is 10.5. The van der Waals surface area contributed by atoms with Crippen LogP contribution in [0.4, 0.5) is 20.3 Å². The van der Waals surface area contributed by atoms with Gasteiger partial charge >= 0.3 is 6.61 Å². The van der Waals surface area contributed by atoms with Gasteiger partial charge in [-0.1, -0.05) is 12.2 Å². The average Bonchev–Trinajstić information content (AvgIpc) is 2.39. The summed E-state index contributed by atoms with van der Waals surface area (Å²) in [5.74, 6) is 0.664. The number of nitrogens with two attached hydrogens (primary N) is 1. The Kier molecular flexibility index (Phi) is 4.64. The lowest BCUT2D eigenvalue weighted by Crippen LogP contribution is -2.10. The van der Waals surface area contributed by atoms with Gasteiger partial charge in [0, 0.05) is 16.9 Å². The Morgan fingerprint density at radius 1 is 1.29 bits per heavy atom. The van der Waals surface area contributed by atoms with Crippen molar-refractivity contribution in [3.63, 3.8) is 0 Å². The van der Waals surface area contributed by atoms with Crippen molar-refractivity contribution >= 4 is 28.7 Å². The van der Waals surface area contributed by atoms with E-state index in [9.17, 15) is 8.78 Å². The van der Waals surface area contributed by atoms with E-state index in [0.717, 1.165) is 5.69 Å². The summed E-state index contributed by atoms with van der Waals surface area (Å²) < 4.78 is 28.4. The minimum Gasteiger partial charge on any atom is -0.435 e. The highest BCUT2D eigenvalue weighted by Gasteiger charge is 2.05. The van der Waals surface area contributed by atoms with E-state index in [-0.39, 0.29) is 10.7 Å². The number of ether oxygens (including phenoxy) is 1. The van der Waals surface area contributed by atoms with Crippen molar-refractivity contribution in [2.75, 3.05) is 5.32 Å². The minimum absolute atomic E-state index is 0.0941. The van der Waals surface area contributed by atoms with Crippen molar-refractivity contribution in [3.8, 4) is 5.75 Å². The number of aryl methyl sites for hydroxylation is 1. The molecular formula is C14H13F2N3OS. The van der Waals surface area contributed by atoms with Crippen LogP contribution in [0.15, 0.2) is 36.4 Å². The molecule has 0 saturated heterocycles. The molecular weight excluding hydrogens is 296 g/mol. The smallest absolute Gasteiger partial charge is 0.387 e. The number of aromatic nitrogens is 1. The van der Waals surface area contributed by atoms with Crippen LogP contribution in [-0.4, -0.2) is 16.6 Å². The third-order valence-corrected chi connectivity index (χ3v) is 2.83. The standard InChI is InChI=1S/C14H13F2N3OS/c1-8-6-9(13(17)21)7-12(18-8)19-10-2-4-11(5-3-10)20-14(15)16/h2-7,14H,1H3,(H2,17,21)(H,18,19). The average molecular weight is 309 g/mol. The SMILES string of the molecule is Cc1cc(C(N)=S)cc(Nc2ccc(OC(F)F)cc2)n1. The number of benzene rings is 1. The molecule has 2 aromatic rings. The summed E-state index contributed by atoms with van der Waals surface area (Å²) in [6.45, 7) is -1.01. The van der Waals surface area contributed by atoms with Gasteiger partial charge in [0.05, 0.1) is 0 Å². The number of anilines is 2. The molecule has 110 valence electrons. The van der Waals surface area contributed by atoms with Crippen molar-refractivity contribution in [2.24, 2.45) is 5.73 Å². The summed E-state index contributed by atoms with van der Waals surface area (Å²) in [4.78, 5) is 4.59. The number of pyridine rings is 1. The van der Waals surface area contributed by atoms with Gasteiger partial charge < -0.3 is 15.8 Å². The number of nitrogens with zero attached hydrogens (tertiary/aromatic N) is 1. The number of rotatable bonds is 5. The topological polar surface area (TPSA) is 60.2 Å². The highest BCUT2D eigenvalue weighted by molar-refractivity contribution is 7.80. The zero-order valence-electron chi connectivity index (χ0n) is 11.1. The lowest BCUT2D eigenvalue weighted by atomic mass is 10.2. The van der Waals surface area contributed by atoms with Crippen molar-refractivity contribution < 1.29 is 13.5 Å². The number of hydrogen-bond donors (Lipinski definition) is 2. The molecule has 0 unspecified atom stereocenters. The fourth-order valence-electron chi connectivity index (χ4n) is 1.74. The van der Waals surface area contributed by atoms with Crippen LogP contribution in [0.25, 0.3) is 0 Å². The van der Waals surface area contributed by atoms with Gasteiger partial charge in [-0.2, -0.15) is 8.78 Å². The summed E-state index contributed by atoms with van der Waals surface area (Å²) in [6.07, 6.45) is 0. The van der Waals surface area contributed by atoms with E-state index in [1.807, 2.05) is 6.92 Å². The van der Waals surface area contributed by atoms with Gasteiger partial charge in [-0.3, -0.25) is 0 Å². The van der Waals surface area contributed by atoms with Crippen LogP contribution in [0.3, 0.4) is 0 Å². The van der Waals surface area contributed by atoms with Gasteiger partial charge in [0.25, 0.3) is 0 Å². The number of thiocarbonyl (C=S) groups is 1. The van der Waals surface area contributed by atoms with Gasteiger partial charge in [0.15, 0.2) is 0 Å². The first-order valence-corrected chi connectivity index (χ1v) is 6.45. The molecule has 0 saturated carbocycles. The first-order valence-electron chi connectivity index (χ1n) is 6.04. The molecule has 0 amide bonds. The number of hydrogen-bond acceptors (Lipinski definition) is 4. The molecule has 0 spiro atoms. The zero-order chi connectivity index (χ0) is 15.4. The minimum atomic E-state index is -2.84. The number of halogens is 2. The van der Waals surface area contributed by atoms with Crippen molar-refractivity contribution in [3.05, 3.63) is 47.7 Å². The predicted octanol–water partition coefficient (Wildman–Crippen LogP) is 3.37. The van der Waals surface area contributed by atoms with E-state index < -0.39 is 6.61 Å². The highest BCUT2D eigenvalue weighted by Crippen LogP contribution is 2.21. The Labute approximate surface area is 125 Å². The summed E-state index contributed by atoms with van der Waals surface area (Å²) >= 11 is 4.94. The van der Waals surface area contributed by atoms with Crippen LogP contribution >= 0.6 is 12.2 Å². The molecule has 21 heavy (non-hydrogen) atoms. The molecule has 7 heteroatoms. The highest BCUT2D eigenvalue weighted by atomic mass is 32.1. The molecule has 0 bridgehead atoms. The van der Waals surface area contributed by atoms with Crippen molar-refractivity contribution in [2.45, 2.75) is 13.5 Å². The molecule has 0 aliphatic heterocycles. The first kappa shape index (κ1) is 15.1. The summed E-state index contributed by atoms with van der Waals surface area (Å²) in [7, 11) is 0. The van der Waals surface area contributed by atoms with Gasteiger partial charge in [-0.05, 0) is 43.3 Å². The van der Waals surface area contributed by atoms with Gasteiger partial charge in [0.2, 0.25) is 0 Å². The van der Waals surface area contributed by atoms with E-state index >= 15 is 0 Å². The molecule has 0 radical (unpaired) electrons. The fourth-order valence-corrected chi connectivity index (χ4v) is 1.86. The predicted molar refractivity (Wildman–Crippen MR) is 81.2 cm³/mol. The molecule has 4 nitrogen and oxygen atoms in total. The Morgan fingerprint density at radius 2 is 1.95 bits per heavy atom. The van der Waals surface area contributed by atoms with E-state index in [0.29, 0.717) is 17.1 Å². The first-order chi connectivity index (χ1) is 9.94. The van der Waals surface area contributed by atoms with E-state index in [2.05, 4.69) is 15.0 Å². The Morgan fingerprint density at radius 3 is 2.52 bits per heavy atom. The Balaban J connectivity index is 2.16. The number of nitrogens with one attached hydrogen (secondary N) is 1. The van der Waals surface area contributed by atoms with E-state index in [4.69, 9.17) is 18.0 Å². The van der Waals surface area contributed by atoms with E-state index in [1.165, 1.54) is 12.1 Å². The van der Waals surface area contributed by atoms with Crippen LogP contribution in [0.5, 0.6) is 5.75 Å². The monoisotopic (exact) mass is 309 g/mol. The fraction of sp³-hybridized carbons (Fsp3) is 0.143. The van der Waals surface area contributed by atoms with Crippen LogP contribution in [0, 0.1) is 6.92 Å². The lowest BCUT2D eigenvalue weighted by Gasteiger charge is -2.10. The second-order valence-corrected chi connectivity index (χ2v) is 4.71. The maximum atomic E-state index is 12.1. The molecule has 3 N–H and O–H groups in total. The molecule has 0 aliphatic rings. The molecule has 0 atom stereocenters. The van der Waals surface area contributed by atoms with Gasteiger partial charge in [0.1, 0.15) is 16.6 Å². The zero-order valence-corrected chi connectivity index (χ0v) is 12.0. The largest absolute Gasteiger partial charge is 0.435 e. The third-order valence-electron chi connectivity index (χ3n) is 2.59. The molecule has 1 aromatic heterocycles. The Bertz CT molecular complexity index is 647. The molecule has 0 aliphatic carbocycles. The maximum Gasteiger partial charge on any atom is 0.387 e.